The van der Waals surface area contributed by atoms with Gasteiger partial charge in [-0.05, 0) is 19.1 Å². The highest BCUT2D eigenvalue weighted by Crippen LogP contribution is 2.19. The number of carbonyl (C=O) groups is 1. The maximum absolute atomic E-state index is 10.4. The third kappa shape index (κ3) is 3.52. The molecule has 0 radical (unpaired) electrons. The lowest BCUT2D eigenvalue weighted by atomic mass is 10.2. The van der Waals surface area contributed by atoms with Crippen molar-refractivity contribution < 1.29 is 9.53 Å². The first kappa shape index (κ1) is 11.3. The van der Waals surface area contributed by atoms with E-state index < -0.39 is 0 Å². The standard InChI is InChI=1S/C11H14O2S/c1-9(13-2)8-14-11-5-3-10(7-12)4-6-11/h3-7,9H,8H2,1-2H3. The van der Waals surface area contributed by atoms with Gasteiger partial charge >= 0.3 is 0 Å². The van der Waals surface area contributed by atoms with Gasteiger partial charge in [-0.25, -0.2) is 0 Å². The second kappa shape index (κ2) is 5.83. The van der Waals surface area contributed by atoms with E-state index in [1.54, 1.807) is 18.9 Å². The average Bonchev–Trinajstić information content (AvgIpc) is 2.26. The molecule has 0 aliphatic carbocycles. The molecule has 14 heavy (non-hydrogen) atoms. The summed E-state index contributed by atoms with van der Waals surface area (Å²) in [5.41, 5.74) is 0.717. The van der Waals surface area contributed by atoms with Crippen molar-refractivity contribution in [3.63, 3.8) is 0 Å². The largest absolute Gasteiger partial charge is 0.381 e. The molecule has 76 valence electrons. The van der Waals surface area contributed by atoms with Crippen molar-refractivity contribution in [3.8, 4) is 0 Å². The van der Waals surface area contributed by atoms with Gasteiger partial charge in [0.1, 0.15) is 6.29 Å². The van der Waals surface area contributed by atoms with Crippen LogP contribution in [-0.4, -0.2) is 25.3 Å². The number of carbonyl (C=O) groups excluding carboxylic acids is 1. The van der Waals surface area contributed by atoms with Gasteiger partial charge in [-0.2, -0.15) is 0 Å². The summed E-state index contributed by atoms with van der Waals surface area (Å²) in [5, 5.41) is 0. The van der Waals surface area contributed by atoms with Gasteiger partial charge in [-0.1, -0.05) is 12.1 Å². The fourth-order valence-corrected chi connectivity index (χ4v) is 1.82. The normalized spacial score (nSPS) is 12.4. The van der Waals surface area contributed by atoms with Crippen molar-refractivity contribution in [2.24, 2.45) is 0 Å². The summed E-state index contributed by atoms with van der Waals surface area (Å²) in [7, 11) is 1.71. The SMILES string of the molecule is COC(C)CSc1ccc(C=O)cc1. The van der Waals surface area contributed by atoms with Crippen LogP contribution < -0.4 is 0 Å². The molecule has 1 aromatic carbocycles. The summed E-state index contributed by atoms with van der Waals surface area (Å²) in [6, 6.07) is 7.56. The number of methoxy groups -OCH3 is 1. The van der Waals surface area contributed by atoms with Crippen LogP contribution in [0.15, 0.2) is 29.2 Å². The molecular formula is C11H14O2S. The predicted octanol–water partition coefficient (Wildman–Crippen LogP) is 2.63. The smallest absolute Gasteiger partial charge is 0.150 e. The molecule has 1 rings (SSSR count). The number of thioether (sulfide) groups is 1. The van der Waals surface area contributed by atoms with Crippen molar-refractivity contribution in [2.75, 3.05) is 12.9 Å². The first-order chi connectivity index (χ1) is 6.76. The van der Waals surface area contributed by atoms with Gasteiger partial charge in [-0.15, -0.1) is 11.8 Å². The Morgan fingerprint density at radius 3 is 2.57 bits per heavy atom. The van der Waals surface area contributed by atoms with E-state index in [2.05, 4.69) is 0 Å². The van der Waals surface area contributed by atoms with E-state index in [0.29, 0.717) is 5.56 Å². The van der Waals surface area contributed by atoms with E-state index in [9.17, 15) is 4.79 Å². The van der Waals surface area contributed by atoms with Crippen LogP contribution >= 0.6 is 11.8 Å². The third-order valence-electron chi connectivity index (χ3n) is 1.90. The van der Waals surface area contributed by atoms with E-state index in [0.717, 1.165) is 12.0 Å². The number of hydrogen-bond acceptors (Lipinski definition) is 3. The quantitative estimate of drug-likeness (QED) is 0.552. The van der Waals surface area contributed by atoms with Crippen molar-refractivity contribution in [2.45, 2.75) is 17.9 Å². The number of hydrogen-bond donors (Lipinski definition) is 0. The number of aldehydes is 1. The highest BCUT2D eigenvalue weighted by molar-refractivity contribution is 7.99. The van der Waals surface area contributed by atoms with Gasteiger partial charge in [0, 0.05) is 23.3 Å². The zero-order valence-electron chi connectivity index (χ0n) is 8.40. The highest BCUT2D eigenvalue weighted by atomic mass is 32.2. The average molecular weight is 210 g/mol. The van der Waals surface area contributed by atoms with Crippen molar-refractivity contribution in [1.29, 1.82) is 0 Å². The fraction of sp³-hybridized carbons (Fsp3) is 0.364. The zero-order valence-corrected chi connectivity index (χ0v) is 9.21. The monoisotopic (exact) mass is 210 g/mol. The Morgan fingerprint density at radius 2 is 2.07 bits per heavy atom. The zero-order chi connectivity index (χ0) is 10.4. The molecule has 0 aliphatic rings. The minimum absolute atomic E-state index is 0.255. The highest BCUT2D eigenvalue weighted by Gasteiger charge is 2.00. The summed E-state index contributed by atoms with van der Waals surface area (Å²) in [6.07, 6.45) is 1.11. The van der Waals surface area contributed by atoms with Crippen LogP contribution in [-0.2, 0) is 4.74 Å². The molecule has 1 atom stereocenters. The summed E-state index contributed by atoms with van der Waals surface area (Å²) < 4.78 is 5.14. The summed E-state index contributed by atoms with van der Waals surface area (Å²) >= 11 is 1.73. The fourth-order valence-electron chi connectivity index (χ4n) is 0.924. The molecule has 3 heteroatoms. The Bertz CT molecular complexity index is 282. The molecule has 0 spiro atoms. The molecule has 0 saturated carbocycles. The predicted molar refractivity (Wildman–Crippen MR) is 59.0 cm³/mol. The maximum atomic E-state index is 10.4. The number of rotatable bonds is 5. The molecule has 0 heterocycles. The van der Waals surface area contributed by atoms with Gasteiger partial charge in [0.2, 0.25) is 0 Å². The summed E-state index contributed by atoms with van der Waals surface area (Å²) in [4.78, 5) is 11.6. The van der Waals surface area contributed by atoms with Crippen molar-refractivity contribution in [1.82, 2.24) is 0 Å². The molecule has 0 fully saturated rings. The summed E-state index contributed by atoms with van der Waals surface area (Å²) in [6.45, 7) is 2.03. The van der Waals surface area contributed by atoms with Gasteiger partial charge in [0.25, 0.3) is 0 Å². The molecular weight excluding hydrogens is 196 g/mol. The van der Waals surface area contributed by atoms with E-state index >= 15 is 0 Å². The topological polar surface area (TPSA) is 26.3 Å². The Labute approximate surface area is 88.7 Å². The van der Waals surface area contributed by atoms with Crippen LogP contribution in [0, 0.1) is 0 Å². The molecule has 0 N–H and O–H groups in total. The lowest BCUT2D eigenvalue weighted by Crippen LogP contribution is -2.07. The van der Waals surface area contributed by atoms with E-state index in [4.69, 9.17) is 4.74 Å². The van der Waals surface area contributed by atoms with Gasteiger partial charge in [-0.3, -0.25) is 4.79 Å². The molecule has 1 unspecified atom stereocenters. The van der Waals surface area contributed by atoms with Crippen LogP contribution in [0.4, 0.5) is 0 Å². The van der Waals surface area contributed by atoms with Crippen LogP contribution in [0.25, 0.3) is 0 Å². The van der Waals surface area contributed by atoms with Crippen LogP contribution in [0.2, 0.25) is 0 Å². The van der Waals surface area contributed by atoms with Crippen LogP contribution in [0.1, 0.15) is 17.3 Å². The second-order valence-electron chi connectivity index (χ2n) is 3.04. The molecule has 0 bridgehead atoms. The number of ether oxygens (including phenoxy) is 1. The lowest BCUT2D eigenvalue weighted by molar-refractivity contribution is 0.112. The molecule has 1 aromatic rings. The van der Waals surface area contributed by atoms with E-state index in [1.165, 1.54) is 4.90 Å². The minimum Gasteiger partial charge on any atom is -0.381 e. The van der Waals surface area contributed by atoms with Crippen molar-refractivity contribution >= 4 is 18.0 Å². The van der Waals surface area contributed by atoms with Crippen LogP contribution in [0.3, 0.4) is 0 Å². The van der Waals surface area contributed by atoms with E-state index in [1.807, 2.05) is 31.2 Å². The Hall–Kier alpha value is -0.800. The molecule has 0 aromatic heterocycles. The maximum Gasteiger partial charge on any atom is 0.150 e. The first-order valence-electron chi connectivity index (χ1n) is 4.47. The van der Waals surface area contributed by atoms with Gasteiger partial charge in [0.05, 0.1) is 6.10 Å². The third-order valence-corrected chi connectivity index (χ3v) is 3.14. The van der Waals surface area contributed by atoms with Gasteiger partial charge in [0.15, 0.2) is 0 Å². The first-order valence-corrected chi connectivity index (χ1v) is 5.45. The summed E-state index contributed by atoms with van der Waals surface area (Å²) in [5.74, 6) is 0.928. The Morgan fingerprint density at radius 1 is 1.43 bits per heavy atom. The molecule has 0 amide bonds. The Kier molecular flexibility index (Phi) is 4.70. The van der Waals surface area contributed by atoms with E-state index in [-0.39, 0.29) is 6.10 Å². The molecule has 0 saturated heterocycles. The second-order valence-corrected chi connectivity index (χ2v) is 4.14. The van der Waals surface area contributed by atoms with Gasteiger partial charge < -0.3 is 4.74 Å². The van der Waals surface area contributed by atoms with Crippen molar-refractivity contribution in [3.05, 3.63) is 29.8 Å². The molecule has 0 aliphatic heterocycles. The number of benzene rings is 1. The molecule has 2 nitrogen and oxygen atoms in total. The minimum atomic E-state index is 0.255. The Balaban J connectivity index is 2.47. The van der Waals surface area contributed by atoms with Crippen LogP contribution in [0.5, 0.6) is 0 Å². The lowest BCUT2D eigenvalue weighted by Gasteiger charge is -2.08.